The Morgan fingerprint density at radius 3 is 2.57 bits per heavy atom. The fraction of sp³-hybridized carbons (Fsp3) is 0.227. The molecule has 0 bridgehead atoms. The summed E-state index contributed by atoms with van der Waals surface area (Å²) in [6, 6.07) is 10.1. The number of hydrogen-bond donors (Lipinski definition) is 2. The summed E-state index contributed by atoms with van der Waals surface area (Å²) < 4.78 is 31.2. The van der Waals surface area contributed by atoms with E-state index in [4.69, 9.17) is 9.84 Å². The Morgan fingerprint density at radius 2 is 1.87 bits per heavy atom. The van der Waals surface area contributed by atoms with Crippen molar-refractivity contribution in [1.29, 1.82) is 0 Å². The summed E-state index contributed by atoms with van der Waals surface area (Å²) in [5.74, 6) is -0.0788. The molecule has 2 aromatic rings. The van der Waals surface area contributed by atoms with Gasteiger partial charge in [-0.2, -0.15) is 0 Å². The van der Waals surface area contributed by atoms with Crippen molar-refractivity contribution in [1.82, 2.24) is 4.90 Å². The number of hydrogen-bond acceptors (Lipinski definition) is 5. The number of nitrogens with zero attached hydrogens (tertiary/aromatic N) is 1. The number of ether oxygens (including phenoxy) is 1. The van der Waals surface area contributed by atoms with Crippen LogP contribution in [0, 0.1) is 11.6 Å². The van der Waals surface area contributed by atoms with Crippen molar-refractivity contribution in [2.24, 2.45) is 0 Å². The van der Waals surface area contributed by atoms with Crippen LogP contribution >= 0.6 is 11.8 Å². The van der Waals surface area contributed by atoms with Gasteiger partial charge in [-0.25, -0.2) is 13.6 Å². The first-order valence-electron chi connectivity index (χ1n) is 9.33. The molecule has 30 heavy (non-hydrogen) atoms. The van der Waals surface area contributed by atoms with Crippen molar-refractivity contribution >= 4 is 17.9 Å². The van der Waals surface area contributed by atoms with Crippen molar-refractivity contribution in [3.63, 3.8) is 0 Å². The Labute approximate surface area is 177 Å². The highest BCUT2D eigenvalue weighted by Gasteiger charge is 2.21. The SMILES string of the molecule is O=C(O)OC1=C(SCCCc2ccc(F)cc2)N(Cc2ccc(F)cc2O)CC=C1. The molecule has 158 valence electrons. The van der Waals surface area contributed by atoms with E-state index in [1.807, 2.05) is 4.90 Å². The zero-order valence-corrected chi connectivity index (χ0v) is 16.9. The molecule has 0 aromatic heterocycles. The topological polar surface area (TPSA) is 70.0 Å². The number of halogens is 2. The lowest BCUT2D eigenvalue weighted by Crippen LogP contribution is -2.26. The Kier molecular flexibility index (Phi) is 7.35. The summed E-state index contributed by atoms with van der Waals surface area (Å²) in [5.41, 5.74) is 1.54. The van der Waals surface area contributed by atoms with E-state index in [0.717, 1.165) is 24.5 Å². The molecule has 0 saturated carbocycles. The molecule has 0 amide bonds. The normalized spacial score (nSPS) is 13.6. The maximum Gasteiger partial charge on any atom is 0.511 e. The van der Waals surface area contributed by atoms with Crippen LogP contribution in [0.4, 0.5) is 13.6 Å². The maximum atomic E-state index is 13.3. The number of rotatable bonds is 8. The van der Waals surface area contributed by atoms with E-state index in [1.165, 1.54) is 36.0 Å². The minimum atomic E-state index is -1.41. The molecule has 0 radical (unpaired) electrons. The zero-order valence-electron chi connectivity index (χ0n) is 16.1. The third kappa shape index (κ3) is 6.00. The second-order valence-electron chi connectivity index (χ2n) is 6.67. The van der Waals surface area contributed by atoms with Gasteiger partial charge in [0.1, 0.15) is 22.4 Å². The van der Waals surface area contributed by atoms with Gasteiger partial charge in [0, 0.05) is 24.7 Å². The zero-order chi connectivity index (χ0) is 21.5. The van der Waals surface area contributed by atoms with Crippen LogP contribution in [0.5, 0.6) is 5.75 Å². The summed E-state index contributed by atoms with van der Waals surface area (Å²) in [5, 5.41) is 19.7. The third-order valence-electron chi connectivity index (χ3n) is 4.46. The molecule has 0 unspecified atom stereocenters. The molecule has 1 aliphatic heterocycles. The van der Waals surface area contributed by atoms with E-state index < -0.39 is 12.0 Å². The fourth-order valence-electron chi connectivity index (χ4n) is 3.04. The standard InChI is InChI=1S/C22H21F2NO4S/c23-17-8-5-15(6-9-17)3-2-12-30-21-20(29-22(27)28)4-1-11-25(21)14-16-7-10-18(24)13-19(16)26/h1,4-10,13,26H,2-3,11-12,14H2,(H,27,28). The first kappa shape index (κ1) is 21.7. The van der Waals surface area contributed by atoms with Gasteiger partial charge in [-0.1, -0.05) is 24.3 Å². The Hall–Kier alpha value is -3.00. The maximum absolute atomic E-state index is 13.3. The smallest absolute Gasteiger partial charge is 0.507 e. The second kappa shape index (κ2) is 10.2. The number of phenols is 1. The van der Waals surface area contributed by atoms with E-state index in [9.17, 15) is 18.7 Å². The highest BCUT2D eigenvalue weighted by Crippen LogP contribution is 2.32. The van der Waals surface area contributed by atoms with E-state index in [-0.39, 0.29) is 23.9 Å². The van der Waals surface area contributed by atoms with Gasteiger partial charge in [-0.15, -0.1) is 11.8 Å². The second-order valence-corrected chi connectivity index (χ2v) is 7.76. The average molecular weight is 433 g/mol. The Morgan fingerprint density at radius 1 is 1.13 bits per heavy atom. The van der Waals surface area contributed by atoms with Crippen molar-refractivity contribution in [3.05, 3.63) is 88.2 Å². The fourth-order valence-corrected chi connectivity index (χ4v) is 4.10. The van der Waals surface area contributed by atoms with Gasteiger partial charge in [0.25, 0.3) is 0 Å². The van der Waals surface area contributed by atoms with Gasteiger partial charge in [0.05, 0.1) is 0 Å². The van der Waals surface area contributed by atoms with Gasteiger partial charge in [0.15, 0.2) is 5.76 Å². The number of aromatic hydroxyl groups is 1. The van der Waals surface area contributed by atoms with Gasteiger partial charge in [-0.3, -0.25) is 0 Å². The number of phenolic OH excluding ortho intramolecular Hbond substituents is 1. The lowest BCUT2D eigenvalue weighted by Gasteiger charge is -2.29. The Bertz CT molecular complexity index is 960. The molecule has 2 aromatic carbocycles. The predicted octanol–water partition coefficient (Wildman–Crippen LogP) is 5.27. The van der Waals surface area contributed by atoms with E-state index in [1.54, 1.807) is 24.3 Å². The van der Waals surface area contributed by atoms with Crippen molar-refractivity contribution in [3.8, 4) is 5.75 Å². The van der Waals surface area contributed by atoms with Crippen LogP contribution in [-0.2, 0) is 17.7 Å². The monoisotopic (exact) mass is 433 g/mol. The molecule has 0 aliphatic carbocycles. The van der Waals surface area contributed by atoms with Gasteiger partial charge < -0.3 is 19.8 Å². The molecular weight excluding hydrogens is 412 g/mol. The number of carbonyl (C=O) groups is 1. The minimum Gasteiger partial charge on any atom is -0.507 e. The first-order valence-corrected chi connectivity index (χ1v) is 10.3. The van der Waals surface area contributed by atoms with E-state index in [0.29, 0.717) is 22.9 Å². The van der Waals surface area contributed by atoms with Gasteiger partial charge in [0.2, 0.25) is 0 Å². The largest absolute Gasteiger partial charge is 0.511 e. The van der Waals surface area contributed by atoms with Crippen LogP contribution < -0.4 is 0 Å². The molecule has 0 atom stereocenters. The number of carboxylic acid groups (broad SMARTS) is 1. The highest BCUT2D eigenvalue weighted by molar-refractivity contribution is 8.03. The molecule has 8 heteroatoms. The van der Waals surface area contributed by atoms with E-state index >= 15 is 0 Å². The van der Waals surface area contributed by atoms with E-state index in [2.05, 4.69) is 0 Å². The predicted molar refractivity (Wildman–Crippen MR) is 111 cm³/mol. The molecule has 0 fully saturated rings. The summed E-state index contributed by atoms with van der Waals surface area (Å²) >= 11 is 1.44. The quantitative estimate of drug-likeness (QED) is 0.437. The van der Waals surface area contributed by atoms with Gasteiger partial charge >= 0.3 is 6.16 Å². The van der Waals surface area contributed by atoms with Crippen LogP contribution in [0.2, 0.25) is 0 Å². The highest BCUT2D eigenvalue weighted by atomic mass is 32.2. The molecule has 5 nitrogen and oxygen atoms in total. The third-order valence-corrected chi connectivity index (χ3v) is 5.69. The first-order chi connectivity index (χ1) is 14.4. The molecule has 3 rings (SSSR count). The molecule has 0 spiro atoms. The molecule has 2 N–H and O–H groups in total. The summed E-state index contributed by atoms with van der Waals surface area (Å²) in [6.07, 6.45) is 3.51. The van der Waals surface area contributed by atoms with Gasteiger partial charge in [-0.05, 0) is 48.4 Å². The lowest BCUT2D eigenvalue weighted by molar-refractivity contribution is 0.119. The molecule has 1 heterocycles. The lowest BCUT2D eigenvalue weighted by atomic mass is 10.1. The van der Waals surface area contributed by atoms with Crippen LogP contribution in [-0.4, -0.2) is 33.6 Å². The van der Waals surface area contributed by atoms with Crippen molar-refractivity contribution < 1.29 is 28.5 Å². The number of aryl methyl sites for hydroxylation is 1. The summed E-state index contributed by atoms with van der Waals surface area (Å²) in [7, 11) is 0. The molecule has 1 aliphatic rings. The summed E-state index contributed by atoms with van der Waals surface area (Å²) in [6.45, 7) is 0.757. The van der Waals surface area contributed by atoms with Crippen molar-refractivity contribution in [2.75, 3.05) is 12.3 Å². The van der Waals surface area contributed by atoms with Crippen LogP contribution in [0.25, 0.3) is 0 Å². The van der Waals surface area contributed by atoms with Crippen LogP contribution in [0.15, 0.2) is 65.4 Å². The number of thioether (sulfide) groups is 1. The average Bonchev–Trinajstić information content (AvgIpc) is 2.70. The number of benzene rings is 2. The molecular formula is C22H21F2NO4S. The van der Waals surface area contributed by atoms with Crippen molar-refractivity contribution in [2.45, 2.75) is 19.4 Å². The van der Waals surface area contributed by atoms with Crippen LogP contribution in [0.3, 0.4) is 0 Å². The Balaban J connectivity index is 1.70. The minimum absolute atomic E-state index is 0.161. The van der Waals surface area contributed by atoms with Crippen LogP contribution in [0.1, 0.15) is 17.5 Å². The molecule has 0 saturated heterocycles. The summed E-state index contributed by atoms with van der Waals surface area (Å²) in [4.78, 5) is 13.0. The number of allylic oxidation sites excluding steroid dienone is 1.